The SMILES string of the molecule is Cc1cc(C)c2nc(-c3cnn(C)c3)cc(C(=O)N3CCCCC3C)c2c1. The van der Waals surface area contributed by atoms with E-state index < -0.39 is 0 Å². The van der Waals surface area contributed by atoms with Gasteiger partial charge in [-0.2, -0.15) is 5.10 Å². The molecule has 5 nitrogen and oxygen atoms in total. The van der Waals surface area contributed by atoms with E-state index in [0.717, 1.165) is 58.2 Å². The van der Waals surface area contributed by atoms with Crippen molar-refractivity contribution in [1.29, 1.82) is 0 Å². The molecule has 27 heavy (non-hydrogen) atoms. The van der Waals surface area contributed by atoms with Gasteiger partial charge in [0.05, 0.1) is 23.0 Å². The van der Waals surface area contributed by atoms with E-state index in [1.165, 1.54) is 6.42 Å². The highest BCUT2D eigenvalue weighted by Crippen LogP contribution is 2.30. The third-order valence-corrected chi connectivity index (χ3v) is 5.54. The number of piperidine rings is 1. The molecule has 1 aliphatic heterocycles. The van der Waals surface area contributed by atoms with Gasteiger partial charge >= 0.3 is 0 Å². The summed E-state index contributed by atoms with van der Waals surface area (Å²) in [4.78, 5) is 20.4. The van der Waals surface area contributed by atoms with Gasteiger partial charge < -0.3 is 4.90 Å². The fourth-order valence-corrected chi connectivity index (χ4v) is 4.11. The van der Waals surface area contributed by atoms with E-state index in [-0.39, 0.29) is 11.9 Å². The second kappa shape index (κ2) is 6.80. The molecule has 0 N–H and O–H groups in total. The molecule has 0 bridgehead atoms. The Balaban J connectivity index is 1.92. The summed E-state index contributed by atoms with van der Waals surface area (Å²) in [5.74, 6) is 0.116. The van der Waals surface area contributed by atoms with Crippen molar-refractivity contribution in [2.24, 2.45) is 7.05 Å². The van der Waals surface area contributed by atoms with E-state index in [0.29, 0.717) is 0 Å². The molecular formula is C22H26N4O. The first-order chi connectivity index (χ1) is 12.9. The molecule has 3 aromatic rings. The van der Waals surface area contributed by atoms with Crippen molar-refractivity contribution in [1.82, 2.24) is 19.7 Å². The topological polar surface area (TPSA) is 51.0 Å². The van der Waals surface area contributed by atoms with Crippen LogP contribution in [-0.2, 0) is 7.05 Å². The maximum Gasteiger partial charge on any atom is 0.254 e. The van der Waals surface area contributed by atoms with Gasteiger partial charge in [-0.05, 0) is 57.7 Å². The maximum absolute atomic E-state index is 13.5. The number of pyridine rings is 1. The highest BCUT2D eigenvalue weighted by atomic mass is 16.2. The minimum Gasteiger partial charge on any atom is -0.336 e. The first-order valence-electron chi connectivity index (χ1n) is 9.66. The summed E-state index contributed by atoms with van der Waals surface area (Å²) < 4.78 is 1.76. The number of carbonyl (C=O) groups excluding carboxylic acids is 1. The highest BCUT2D eigenvalue weighted by molar-refractivity contribution is 6.08. The van der Waals surface area contributed by atoms with Gasteiger partial charge in [-0.25, -0.2) is 4.98 Å². The Labute approximate surface area is 160 Å². The quantitative estimate of drug-likeness (QED) is 0.684. The Morgan fingerprint density at radius 1 is 1.19 bits per heavy atom. The zero-order chi connectivity index (χ0) is 19.1. The largest absolute Gasteiger partial charge is 0.336 e. The van der Waals surface area contributed by atoms with Crippen molar-refractivity contribution in [3.05, 3.63) is 47.3 Å². The third-order valence-electron chi connectivity index (χ3n) is 5.54. The van der Waals surface area contributed by atoms with Crippen molar-refractivity contribution < 1.29 is 4.79 Å². The second-order valence-electron chi connectivity index (χ2n) is 7.78. The van der Waals surface area contributed by atoms with Crippen molar-refractivity contribution >= 4 is 16.8 Å². The highest BCUT2D eigenvalue weighted by Gasteiger charge is 2.26. The van der Waals surface area contributed by atoms with E-state index in [1.54, 1.807) is 10.9 Å². The fourth-order valence-electron chi connectivity index (χ4n) is 4.11. The van der Waals surface area contributed by atoms with Crippen LogP contribution in [0.25, 0.3) is 22.2 Å². The van der Waals surface area contributed by atoms with E-state index in [2.05, 4.69) is 38.0 Å². The molecular weight excluding hydrogens is 336 g/mol. The maximum atomic E-state index is 13.5. The Bertz CT molecular complexity index is 1020. The number of aromatic nitrogens is 3. The van der Waals surface area contributed by atoms with Gasteiger partial charge in [0.2, 0.25) is 0 Å². The molecule has 1 aliphatic rings. The van der Waals surface area contributed by atoms with Crippen LogP contribution in [0.3, 0.4) is 0 Å². The number of hydrogen-bond acceptors (Lipinski definition) is 3. The van der Waals surface area contributed by atoms with E-state index in [4.69, 9.17) is 4.98 Å². The number of benzene rings is 1. The lowest BCUT2D eigenvalue weighted by molar-refractivity contribution is 0.0637. The van der Waals surface area contributed by atoms with Gasteiger partial charge in [-0.3, -0.25) is 9.48 Å². The molecule has 3 heterocycles. The van der Waals surface area contributed by atoms with Gasteiger partial charge in [0, 0.05) is 36.8 Å². The van der Waals surface area contributed by atoms with Gasteiger partial charge in [0.1, 0.15) is 0 Å². The van der Waals surface area contributed by atoms with Crippen LogP contribution in [0.4, 0.5) is 0 Å². The molecule has 4 rings (SSSR count). The van der Waals surface area contributed by atoms with Gasteiger partial charge in [0.15, 0.2) is 0 Å². The van der Waals surface area contributed by atoms with E-state index in [1.807, 2.05) is 24.2 Å². The smallest absolute Gasteiger partial charge is 0.254 e. The Kier molecular flexibility index (Phi) is 4.46. The summed E-state index contributed by atoms with van der Waals surface area (Å²) in [5.41, 5.74) is 5.62. The summed E-state index contributed by atoms with van der Waals surface area (Å²) in [5, 5.41) is 5.21. The number of aryl methyl sites for hydroxylation is 3. The Morgan fingerprint density at radius 3 is 2.70 bits per heavy atom. The fraction of sp³-hybridized carbons (Fsp3) is 0.409. The van der Waals surface area contributed by atoms with Crippen molar-refractivity contribution in [2.75, 3.05) is 6.54 Å². The molecule has 1 aromatic carbocycles. The minimum atomic E-state index is 0.116. The van der Waals surface area contributed by atoms with Gasteiger partial charge in [-0.1, -0.05) is 11.6 Å². The van der Waals surface area contributed by atoms with Crippen LogP contribution >= 0.6 is 0 Å². The Morgan fingerprint density at radius 2 is 2.00 bits per heavy atom. The van der Waals surface area contributed by atoms with Crippen LogP contribution in [0, 0.1) is 13.8 Å². The number of nitrogens with zero attached hydrogens (tertiary/aromatic N) is 4. The molecule has 0 aliphatic carbocycles. The first-order valence-corrected chi connectivity index (χ1v) is 9.66. The summed E-state index contributed by atoms with van der Waals surface area (Å²) in [6.07, 6.45) is 7.08. The van der Waals surface area contributed by atoms with Crippen molar-refractivity contribution in [3.63, 3.8) is 0 Å². The number of hydrogen-bond donors (Lipinski definition) is 0. The number of rotatable bonds is 2. The second-order valence-corrected chi connectivity index (χ2v) is 7.78. The monoisotopic (exact) mass is 362 g/mol. The lowest BCUT2D eigenvalue weighted by Gasteiger charge is -2.33. The number of amides is 1. The van der Waals surface area contributed by atoms with Crippen LogP contribution in [-0.4, -0.2) is 38.2 Å². The average molecular weight is 362 g/mol. The van der Waals surface area contributed by atoms with Crippen molar-refractivity contribution in [3.8, 4) is 11.3 Å². The number of carbonyl (C=O) groups is 1. The van der Waals surface area contributed by atoms with Crippen LogP contribution < -0.4 is 0 Å². The normalized spacial score (nSPS) is 17.5. The summed E-state index contributed by atoms with van der Waals surface area (Å²) in [7, 11) is 1.89. The molecule has 1 fully saturated rings. The van der Waals surface area contributed by atoms with Crippen molar-refractivity contribution in [2.45, 2.75) is 46.1 Å². The molecule has 2 aromatic heterocycles. The van der Waals surface area contributed by atoms with Crippen LogP contribution in [0.15, 0.2) is 30.6 Å². The van der Waals surface area contributed by atoms with Crippen LogP contribution in [0.2, 0.25) is 0 Å². The van der Waals surface area contributed by atoms with Crippen LogP contribution in [0.1, 0.15) is 47.7 Å². The van der Waals surface area contributed by atoms with Crippen LogP contribution in [0.5, 0.6) is 0 Å². The molecule has 1 saturated heterocycles. The first kappa shape index (κ1) is 17.7. The third kappa shape index (κ3) is 3.22. The predicted octanol–water partition coefficient (Wildman–Crippen LogP) is 4.27. The zero-order valence-electron chi connectivity index (χ0n) is 16.5. The molecule has 1 atom stereocenters. The molecule has 140 valence electrons. The minimum absolute atomic E-state index is 0.116. The lowest BCUT2D eigenvalue weighted by Crippen LogP contribution is -2.42. The van der Waals surface area contributed by atoms with Gasteiger partial charge in [0.25, 0.3) is 5.91 Å². The number of likely N-dealkylation sites (tertiary alicyclic amines) is 1. The summed E-state index contributed by atoms with van der Waals surface area (Å²) in [6, 6.07) is 6.44. The number of fused-ring (bicyclic) bond motifs is 1. The summed E-state index contributed by atoms with van der Waals surface area (Å²) in [6.45, 7) is 7.11. The molecule has 1 unspecified atom stereocenters. The molecule has 5 heteroatoms. The van der Waals surface area contributed by atoms with Gasteiger partial charge in [-0.15, -0.1) is 0 Å². The molecule has 0 saturated carbocycles. The zero-order valence-corrected chi connectivity index (χ0v) is 16.5. The molecule has 0 spiro atoms. The lowest BCUT2D eigenvalue weighted by atomic mass is 9.97. The predicted molar refractivity (Wildman–Crippen MR) is 108 cm³/mol. The van der Waals surface area contributed by atoms with E-state index >= 15 is 0 Å². The molecule has 1 amide bonds. The molecule has 0 radical (unpaired) electrons. The summed E-state index contributed by atoms with van der Waals surface area (Å²) >= 11 is 0. The Hall–Kier alpha value is -2.69. The van der Waals surface area contributed by atoms with E-state index in [9.17, 15) is 4.79 Å². The average Bonchev–Trinajstić information content (AvgIpc) is 3.07. The standard InChI is InChI=1S/C22H26N4O/c1-14-9-15(2)21-18(10-14)19(22(27)26-8-6-5-7-16(26)3)11-20(24-21)17-12-23-25(4)13-17/h9-13,16H,5-8H2,1-4H3.